The Balaban J connectivity index is 2.34. The Morgan fingerprint density at radius 2 is 2.05 bits per heavy atom. The van der Waals surface area contributed by atoms with Crippen molar-refractivity contribution in [2.24, 2.45) is 0 Å². The first-order valence-corrected chi connectivity index (χ1v) is 6.99. The molecular formula is C12H6BrCl2N3O3. The van der Waals surface area contributed by atoms with Crippen LogP contribution in [0.1, 0.15) is 10.4 Å². The van der Waals surface area contributed by atoms with Crippen LogP contribution in [-0.4, -0.2) is 15.8 Å². The lowest BCUT2D eigenvalue weighted by molar-refractivity contribution is -0.384. The SMILES string of the molecule is O=C(Nc1ccc(Br)nc1)c1cc([N+](=O)[O-])cc(Cl)c1Cl. The number of carbonyl (C=O) groups excluding carboxylic acids is 1. The lowest BCUT2D eigenvalue weighted by atomic mass is 10.2. The van der Waals surface area contributed by atoms with Crippen LogP contribution < -0.4 is 5.32 Å². The van der Waals surface area contributed by atoms with E-state index in [4.69, 9.17) is 23.2 Å². The van der Waals surface area contributed by atoms with Crippen LogP contribution >= 0.6 is 39.1 Å². The number of nitrogens with one attached hydrogen (secondary N) is 1. The van der Waals surface area contributed by atoms with Gasteiger partial charge in [0.05, 0.1) is 32.4 Å². The van der Waals surface area contributed by atoms with Gasteiger partial charge in [-0.3, -0.25) is 14.9 Å². The maximum Gasteiger partial charge on any atom is 0.271 e. The minimum atomic E-state index is -0.653. The molecule has 1 amide bonds. The number of anilines is 1. The number of carbonyl (C=O) groups is 1. The molecule has 0 aliphatic carbocycles. The standard InChI is InChI=1S/C12H6BrCl2N3O3/c13-10-2-1-6(5-16-10)17-12(19)8-3-7(18(20)21)4-9(14)11(8)15/h1-5H,(H,17,19). The zero-order valence-electron chi connectivity index (χ0n) is 10.1. The van der Waals surface area contributed by atoms with Crippen molar-refractivity contribution in [2.45, 2.75) is 0 Å². The second-order valence-corrected chi connectivity index (χ2v) is 5.47. The second-order valence-electron chi connectivity index (χ2n) is 3.87. The van der Waals surface area contributed by atoms with Crippen LogP contribution in [0, 0.1) is 10.1 Å². The minimum Gasteiger partial charge on any atom is -0.321 e. The van der Waals surface area contributed by atoms with Crippen LogP contribution in [0.15, 0.2) is 35.1 Å². The number of nitro benzene ring substituents is 1. The van der Waals surface area contributed by atoms with Gasteiger partial charge in [0.2, 0.25) is 0 Å². The van der Waals surface area contributed by atoms with Crippen molar-refractivity contribution in [1.29, 1.82) is 0 Å². The van der Waals surface area contributed by atoms with Crippen LogP contribution in [0.5, 0.6) is 0 Å². The van der Waals surface area contributed by atoms with E-state index in [1.54, 1.807) is 12.1 Å². The third-order valence-electron chi connectivity index (χ3n) is 2.45. The molecule has 0 saturated carbocycles. The van der Waals surface area contributed by atoms with Gasteiger partial charge in [0.1, 0.15) is 4.60 Å². The molecule has 1 N–H and O–H groups in total. The van der Waals surface area contributed by atoms with Crippen molar-refractivity contribution in [3.05, 3.63) is 60.8 Å². The van der Waals surface area contributed by atoms with Gasteiger partial charge in [-0.15, -0.1) is 0 Å². The summed E-state index contributed by atoms with van der Waals surface area (Å²) in [5.74, 6) is -0.616. The zero-order chi connectivity index (χ0) is 15.6. The summed E-state index contributed by atoms with van der Waals surface area (Å²) < 4.78 is 0.608. The highest BCUT2D eigenvalue weighted by Crippen LogP contribution is 2.31. The molecule has 0 bridgehead atoms. The highest BCUT2D eigenvalue weighted by molar-refractivity contribution is 9.10. The molecule has 1 aromatic carbocycles. The van der Waals surface area contributed by atoms with Gasteiger partial charge in [-0.05, 0) is 28.1 Å². The molecule has 9 heteroatoms. The Morgan fingerprint density at radius 3 is 2.62 bits per heavy atom. The summed E-state index contributed by atoms with van der Waals surface area (Å²) in [6.07, 6.45) is 1.43. The van der Waals surface area contributed by atoms with E-state index in [0.717, 1.165) is 12.1 Å². The van der Waals surface area contributed by atoms with E-state index in [1.165, 1.54) is 6.20 Å². The van der Waals surface area contributed by atoms with Crippen molar-refractivity contribution in [2.75, 3.05) is 5.32 Å². The van der Waals surface area contributed by atoms with Gasteiger partial charge in [-0.1, -0.05) is 23.2 Å². The highest BCUT2D eigenvalue weighted by atomic mass is 79.9. The summed E-state index contributed by atoms with van der Waals surface area (Å²) in [6.45, 7) is 0. The first-order chi connectivity index (χ1) is 9.88. The molecule has 0 aliphatic rings. The summed E-state index contributed by atoms with van der Waals surface area (Å²) in [7, 11) is 0. The van der Waals surface area contributed by atoms with Gasteiger partial charge in [0.25, 0.3) is 11.6 Å². The van der Waals surface area contributed by atoms with E-state index in [1.807, 2.05) is 0 Å². The second kappa shape index (κ2) is 6.38. The van der Waals surface area contributed by atoms with E-state index in [-0.39, 0.29) is 21.3 Å². The fraction of sp³-hybridized carbons (Fsp3) is 0. The fourth-order valence-electron chi connectivity index (χ4n) is 1.49. The van der Waals surface area contributed by atoms with E-state index in [0.29, 0.717) is 10.3 Å². The van der Waals surface area contributed by atoms with Crippen LogP contribution in [0.25, 0.3) is 0 Å². The number of non-ortho nitro benzene ring substituents is 1. The fourth-order valence-corrected chi connectivity index (χ4v) is 2.14. The first kappa shape index (κ1) is 15.7. The van der Waals surface area contributed by atoms with Crippen LogP contribution in [0.2, 0.25) is 10.0 Å². The number of pyridine rings is 1. The lowest BCUT2D eigenvalue weighted by Crippen LogP contribution is -2.13. The number of amides is 1. The maximum absolute atomic E-state index is 12.1. The molecule has 0 saturated heterocycles. The van der Waals surface area contributed by atoms with Crippen molar-refractivity contribution < 1.29 is 9.72 Å². The number of rotatable bonds is 3. The van der Waals surface area contributed by atoms with E-state index in [2.05, 4.69) is 26.2 Å². The summed E-state index contributed by atoms with van der Waals surface area (Å²) in [6, 6.07) is 5.40. The van der Waals surface area contributed by atoms with Gasteiger partial charge in [-0.2, -0.15) is 0 Å². The summed E-state index contributed by atoms with van der Waals surface area (Å²) in [4.78, 5) is 26.2. The Bertz CT molecular complexity index is 722. The Labute approximate surface area is 137 Å². The molecule has 108 valence electrons. The molecule has 0 unspecified atom stereocenters. The summed E-state index contributed by atoms with van der Waals surface area (Å²) >= 11 is 14.9. The molecular weight excluding hydrogens is 385 g/mol. The molecule has 0 atom stereocenters. The third-order valence-corrected chi connectivity index (χ3v) is 3.72. The number of hydrogen-bond donors (Lipinski definition) is 1. The quantitative estimate of drug-likeness (QED) is 0.480. The van der Waals surface area contributed by atoms with E-state index >= 15 is 0 Å². The summed E-state index contributed by atoms with van der Waals surface area (Å²) in [5.41, 5.74) is 0.0177. The van der Waals surface area contributed by atoms with Crippen LogP contribution in [-0.2, 0) is 0 Å². The van der Waals surface area contributed by atoms with Gasteiger partial charge in [0.15, 0.2) is 0 Å². The Kier molecular flexibility index (Phi) is 4.76. The average Bonchev–Trinajstić information content (AvgIpc) is 2.43. The molecule has 2 aromatic rings. The number of hydrogen-bond acceptors (Lipinski definition) is 4. The zero-order valence-corrected chi connectivity index (χ0v) is 13.2. The van der Waals surface area contributed by atoms with Crippen molar-refractivity contribution in [1.82, 2.24) is 4.98 Å². The Hall–Kier alpha value is -1.70. The van der Waals surface area contributed by atoms with Crippen molar-refractivity contribution in [3.8, 4) is 0 Å². The van der Waals surface area contributed by atoms with Gasteiger partial charge >= 0.3 is 0 Å². The molecule has 1 aromatic heterocycles. The molecule has 0 spiro atoms. The number of benzene rings is 1. The maximum atomic E-state index is 12.1. The van der Waals surface area contributed by atoms with Crippen molar-refractivity contribution in [3.63, 3.8) is 0 Å². The predicted molar refractivity (Wildman–Crippen MR) is 83.0 cm³/mol. The largest absolute Gasteiger partial charge is 0.321 e. The van der Waals surface area contributed by atoms with Gasteiger partial charge in [-0.25, -0.2) is 4.98 Å². The molecule has 2 rings (SSSR count). The number of aromatic nitrogens is 1. The Morgan fingerprint density at radius 1 is 1.33 bits per heavy atom. The highest BCUT2D eigenvalue weighted by Gasteiger charge is 2.19. The van der Waals surface area contributed by atoms with E-state index in [9.17, 15) is 14.9 Å². The first-order valence-electron chi connectivity index (χ1n) is 5.45. The molecule has 21 heavy (non-hydrogen) atoms. The van der Waals surface area contributed by atoms with Gasteiger partial charge in [0, 0.05) is 12.1 Å². The number of halogens is 3. The predicted octanol–water partition coefficient (Wildman–Crippen LogP) is 4.31. The topological polar surface area (TPSA) is 85.1 Å². The smallest absolute Gasteiger partial charge is 0.271 e. The number of nitro groups is 1. The van der Waals surface area contributed by atoms with Gasteiger partial charge < -0.3 is 5.32 Å². The molecule has 1 heterocycles. The lowest BCUT2D eigenvalue weighted by Gasteiger charge is -2.07. The van der Waals surface area contributed by atoms with Crippen LogP contribution in [0.4, 0.5) is 11.4 Å². The molecule has 0 aliphatic heterocycles. The number of nitrogens with zero attached hydrogens (tertiary/aromatic N) is 2. The van der Waals surface area contributed by atoms with Crippen molar-refractivity contribution >= 4 is 56.4 Å². The third kappa shape index (κ3) is 3.69. The minimum absolute atomic E-state index is 0.0511. The molecule has 0 fully saturated rings. The monoisotopic (exact) mass is 389 g/mol. The normalized spacial score (nSPS) is 10.2. The van der Waals surface area contributed by atoms with E-state index < -0.39 is 10.8 Å². The van der Waals surface area contributed by atoms with Crippen LogP contribution in [0.3, 0.4) is 0 Å². The summed E-state index contributed by atoms with van der Waals surface area (Å²) in [5, 5.41) is 13.2. The molecule has 6 nitrogen and oxygen atoms in total. The average molecular weight is 391 g/mol. The molecule has 0 radical (unpaired) electrons.